The van der Waals surface area contributed by atoms with Crippen LogP contribution in [0.3, 0.4) is 0 Å². The fourth-order valence-electron chi connectivity index (χ4n) is 1.32. The van der Waals surface area contributed by atoms with Gasteiger partial charge in [0.1, 0.15) is 11.6 Å². The summed E-state index contributed by atoms with van der Waals surface area (Å²) in [4.78, 5) is 8.12. The van der Waals surface area contributed by atoms with Gasteiger partial charge in [0, 0.05) is 18.8 Å². The van der Waals surface area contributed by atoms with Crippen molar-refractivity contribution in [2.24, 2.45) is 0 Å². The van der Waals surface area contributed by atoms with Crippen LogP contribution >= 0.6 is 0 Å². The van der Waals surface area contributed by atoms with E-state index in [1.54, 1.807) is 31.5 Å². The first-order chi connectivity index (χ1) is 8.28. The molecule has 2 heterocycles. The van der Waals surface area contributed by atoms with Crippen molar-refractivity contribution in [1.82, 2.24) is 9.97 Å². The maximum Gasteiger partial charge on any atom is 0.212 e. The first kappa shape index (κ1) is 11.2. The van der Waals surface area contributed by atoms with E-state index in [9.17, 15) is 0 Å². The Morgan fingerprint density at radius 3 is 2.65 bits per heavy atom. The summed E-state index contributed by atoms with van der Waals surface area (Å²) >= 11 is 0. The molecule has 88 valence electrons. The fourth-order valence-corrected chi connectivity index (χ4v) is 1.32. The van der Waals surface area contributed by atoms with Crippen LogP contribution in [-0.4, -0.2) is 22.2 Å². The molecule has 0 unspecified atom stereocenters. The molecule has 0 bridgehead atoms. The molecule has 0 atom stereocenters. The second-order valence-corrected chi connectivity index (χ2v) is 3.46. The van der Waals surface area contributed by atoms with Crippen LogP contribution in [0.2, 0.25) is 0 Å². The molecule has 2 rings (SSSR count). The van der Waals surface area contributed by atoms with Crippen LogP contribution in [0, 0.1) is 0 Å². The molecule has 0 amide bonds. The van der Waals surface area contributed by atoms with Gasteiger partial charge in [0.25, 0.3) is 0 Å². The topological polar surface area (TPSA) is 67.3 Å². The number of rotatable bonds is 4. The Morgan fingerprint density at radius 1 is 1.18 bits per heavy atom. The Hall–Kier alpha value is -2.30. The lowest BCUT2D eigenvalue weighted by Gasteiger charge is -2.05. The van der Waals surface area contributed by atoms with Gasteiger partial charge in [-0.1, -0.05) is 6.07 Å². The van der Waals surface area contributed by atoms with Crippen molar-refractivity contribution in [2.45, 2.75) is 6.54 Å². The molecule has 0 aliphatic carbocycles. The first-order valence-corrected chi connectivity index (χ1v) is 5.16. The van der Waals surface area contributed by atoms with Crippen LogP contribution < -0.4 is 10.1 Å². The third kappa shape index (κ3) is 3.07. The average Bonchev–Trinajstić information content (AvgIpc) is 2.39. The third-order valence-corrected chi connectivity index (χ3v) is 2.23. The standard InChI is InChI=1S/C12H13N3O2/c1-17-12-5-2-9(7-15-12)6-13-11-4-3-10(16)8-14-11/h2-5,7-8,16H,6H2,1H3,(H,13,14). The molecular weight excluding hydrogens is 218 g/mol. The summed E-state index contributed by atoms with van der Waals surface area (Å²) in [6, 6.07) is 7.04. The zero-order valence-corrected chi connectivity index (χ0v) is 9.42. The largest absolute Gasteiger partial charge is 0.506 e. The van der Waals surface area contributed by atoms with Crippen LogP contribution in [0.5, 0.6) is 11.6 Å². The molecule has 0 aromatic carbocycles. The highest BCUT2D eigenvalue weighted by atomic mass is 16.5. The molecule has 2 N–H and O–H groups in total. The summed E-state index contributed by atoms with van der Waals surface area (Å²) in [6.07, 6.45) is 3.14. The van der Waals surface area contributed by atoms with Crippen LogP contribution in [0.1, 0.15) is 5.56 Å². The SMILES string of the molecule is COc1ccc(CNc2ccc(O)cn2)cn1. The average molecular weight is 231 g/mol. The van der Waals surface area contributed by atoms with Gasteiger partial charge in [-0.3, -0.25) is 0 Å². The van der Waals surface area contributed by atoms with Gasteiger partial charge in [0.2, 0.25) is 5.88 Å². The van der Waals surface area contributed by atoms with E-state index in [-0.39, 0.29) is 5.75 Å². The van der Waals surface area contributed by atoms with E-state index in [0.717, 1.165) is 5.56 Å². The lowest BCUT2D eigenvalue weighted by atomic mass is 10.3. The van der Waals surface area contributed by atoms with Gasteiger partial charge in [0.15, 0.2) is 0 Å². The number of nitrogens with zero attached hydrogens (tertiary/aromatic N) is 2. The van der Waals surface area contributed by atoms with Gasteiger partial charge in [-0.25, -0.2) is 9.97 Å². The molecular formula is C12H13N3O2. The molecule has 0 fully saturated rings. The quantitative estimate of drug-likeness (QED) is 0.839. The van der Waals surface area contributed by atoms with Gasteiger partial charge in [-0.2, -0.15) is 0 Å². The number of anilines is 1. The molecule has 0 spiro atoms. The maximum absolute atomic E-state index is 9.09. The summed E-state index contributed by atoms with van der Waals surface area (Å²) in [5, 5.41) is 12.2. The Labute approximate surface area is 99.1 Å². The van der Waals surface area contributed by atoms with Gasteiger partial charge in [0.05, 0.1) is 13.3 Å². The summed E-state index contributed by atoms with van der Waals surface area (Å²) in [7, 11) is 1.58. The smallest absolute Gasteiger partial charge is 0.212 e. The number of aromatic nitrogens is 2. The minimum Gasteiger partial charge on any atom is -0.506 e. The Kier molecular flexibility index (Phi) is 3.40. The lowest BCUT2D eigenvalue weighted by molar-refractivity contribution is 0.397. The Morgan fingerprint density at radius 2 is 2.06 bits per heavy atom. The molecule has 17 heavy (non-hydrogen) atoms. The van der Waals surface area contributed by atoms with E-state index in [2.05, 4.69) is 15.3 Å². The normalized spacial score (nSPS) is 9.94. The monoisotopic (exact) mass is 231 g/mol. The first-order valence-electron chi connectivity index (χ1n) is 5.16. The van der Waals surface area contributed by atoms with Gasteiger partial charge < -0.3 is 15.2 Å². The van der Waals surface area contributed by atoms with Crippen LogP contribution in [0.25, 0.3) is 0 Å². The number of hydrogen-bond acceptors (Lipinski definition) is 5. The zero-order chi connectivity index (χ0) is 12.1. The van der Waals surface area contributed by atoms with Crippen LogP contribution in [-0.2, 0) is 6.54 Å². The Bertz CT molecular complexity index is 468. The van der Waals surface area contributed by atoms with Gasteiger partial charge in [-0.15, -0.1) is 0 Å². The number of aromatic hydroxyl groups is 1. The number of nitrogens with one attached hydrogen (secondary N) is 1. The molecule has 2 aromatic heterocycles. The highest BCUT2D eigenvalue weighted by Gasteiger charge is 1.97. The number of ether oxygens (including phenoxy) is 1. The molecule has 0 saturated carbocycles. The number of hydrogen-bond donors (Lipinski definition) is 2. The molecule has 0 saturated heterocycles. The summed E-state index contributed by atoms with van der Waals surface area (Å²) in [5.41, 5.74) is 1.03. The maximum atomic E-state index is 9.09. The van der Waals surface area contributed by atoms with E-state index < -0.39 is 0 Å². The molecule has 5 nitrogen and oxygen atoms in total. The highest BCUT2D eigenvalue weighted by Crippen LogP contribution is 2.11. The van der Waals surface area contributed by atoms with Crippen molar-refractivity contribution in [1.29, 1.82) is 0 Å². The van der Waals surface area contributed by atoms with Crippen molar-refractivity contribution in [3.8, 4) is 11.6 Å². The van der Waals surface area contributed by atoms with E-state index in [4.69, 9.17) is 9.84 Å². The zero-order valence-electron chi connectivity index (χ0n) is 9.42. The molecule has 0 radical (unpaired) electrons. The summed E-state index contributed by atoms with van der Waals surface area (Å²) in [6.45, 7) is 0.620. The van der Waals surface area contributed by atoms with Crippen molar-refractivity contribution < 1.29 is 9.84 Å². The molecule has 0 aliphatic rings. The fraction of sp³-hybridized carbons (Fsp3) is 0.167. The van der Waals surface area contributed by atoms with Gasteiger partial charge >= 0.3 is 0 Å². The number of pyridine rings is 2. The molecule has 5 heteroatoms. The van der Waals surface area contributed by atoms with Crippen LogP contribution in [0.4, 0.5) is 5.82 Å². The highest BCUT2D eigenvalue weighted by molar-refractivity contribution is 5.37. The summed E-state index contributed by atoms with van der Waals surface area (Å²) < 4.78 is 4.97. The minimum absolute atomic E-state index is 0.154. The van der Waals surface area contributed by atoms with E-state index in [0.29, 0.717) is 18.2 Å². The van der Waals surface area contributed by atoms with Crippen molar-refractivity contribution in [3.05, 3.63) is 42.2 Å². The Balaban J connectivity index is 1.95. The third-order valence-electron chi connectivity index (χ3n) is 2.23. The predicted octanol–water partition coefficient (Wildman–Crippen LogP) is 1.80. The summed E-state index contributed by atoms with van der Waals surface area (Å²) in [5.74, 6) is 1.46. The van der Waals surface area contributed by atoms with Crippen molar-refractivity contribution in [3.63, 3.8) is 0 Å². The van der Waals surface area contributed by atoms with Crippen molar-refractivity contribution in [2.75, 3.05) is 12.4 Å². The van der Waals surface area contributed by atoms with E-state index in [1.807, 2.05) is 6.07 Å². The predicted molar refractivity (Wildman–Crippen MR) is 64.0 cm³/mol. The minimum atomic E-state index is 0.154. The van der Waals surface area contributed by atoms with Crippen molar-refractivity contribution >= 4 is 5.82 Å². The lowest BCUT2D eigenvalue weighted by Crippen LogP contribution is -2.01. The van der Waals surface area contributed by atoms with E-state index in [1.165, 1.54) is 6.20 Å². The molecule has 2 aromatic rings. The second-order valence-electron chi connectivity index (χ2n) is 3.46. The van der Waals surface area contributed by atoms with Gasteiger partial charge in [-0.05, 0) is 17.7 Å². The number of methoxy groups -OCH3 is 1. The van der Waals surface area contributed by atoms with E-state index >= 15 is 0 Å². The second kappa shape index (κ2) is 5.16. The van der Waals surface area contributed by atoms with Crippen LogP contribution in [0.15, 0.2) is 36.7 Å². The molecule has 0 aliphatic heterocycles.